The van der Waals surface area contributed by atoms with Crippen molar-refractivity contribution in [1.29, 1.82) is 0 Å². The van der Waals surface area contributed by atoms with Crippen LogP contribution in [0.4, 0.5) is 18.9 Å². The number of benzene rings is 2. The van der Waals surface area contributed by atoms with Crippen LogP contribution in [0.15, 0.2) is 59.2 Å². The Balaban J connectivity index is 1.69. The maximum atomic E-state index is 13.8. The molecule has 3 rings (SSSR count). The van der Waals surface area contributed by atoms with Crippen LogP contribution >= 0.6 is 0 Å². The number of carbonyl (C=O) groups is 2. The summed E-state index contributed by atoms with van der Waals surface area (Å²) in [7, 11) is 0. The Labute approximate surface area is 182 Å². The van der Waals surface area contributed by atoms with Crippen molar-refractivity contribution in [1.82, 2.24) is 4.90 Å². The van der Waals surface area contributed by atoms with Crippen LogP contribution in [0.3, 0.4) is 0 Å². The number of nitrogens with one attached hydrogen (secondary N) is 1. The number of carbonyl (C=O) groups excluding carboxylic acids is 2. The summed E-state index contributed by atoms with van der Waals surface area (Å²) in [5, 5.41) is 2.16. The first-order valence-corrected chi connectivity index (χ1v) is 9.87. The molecule has 0 unspecified atom stereocenters. The summed E-state index contributed by atoms with van der Waals surface area (Å²) >= 11 is 0. The van der Waals surface area contributed by atoms with E-state index in [1.165, 1.54) is 11.2 Å². The van der Waals surface area contributed by atoms with Gasteiger partial charge in [-0.25, -0.2) is 13.2 Å². The van der Waals surface area contributed by atoms with Crippen LogP contribution in [0.25, 0.3) is 0 Å². The van der Waals surface area contributed by atoms with E-state index in [0.29, 0.717) is 23.8 Å². The maximum absolute atomic E-state index is 13.8. The fourth-order valence-electron chi connectivity index (χ4n) is 2.97. The van der Waals surface area contributed by atoms with E-state index in [0.717, 1.165) is 6.07 Å². The zero-order valence-corrected chi connectivity index (χ0v) is 17.2. The molecule has 0 aliphatic carbocycles. The number of hydrogen-bond acceptors (Lipinski definition) is 4. The molecule has 2 aromatic carbocycles. The summed E-state index contributed by atoms with van der Waals surface area (Å²) in [6, 6.07) is 12.2. The molecule has 0 fully saturated rings. The topological polar surface area (TPSA) is 71.8 Å². The van der Waals surface area contributed by atoms with Gasteiger partial charge in [0.1, 0.15) is 18.9 Å². The highest BCUT2D eigenvalue weighted by Crippen LogP contribution is 2.20. The Hall–Kier alpha value is -3.75. The van der Waals surface area contributed by atoms with E-state index in [9.17, 15) is 22.8 Å². The molecule has 0 aliphatic rings. The molecule has 0 spiro atoms. The van der Waals surface area contributed by atoms with Crippen molar-refractivity contribution < 1.29 is 31.9 Å². The average molecular weight is 446 g/mol. The molecule has 3 aromatic rings. The molecule has 1 N–H and O–H groups in total. The molecule has 1 heterocycles. The van der Waals surface area contributed by atoms with E-state index in [1.54, 1.807) is 18.2 Å². The van der Waals surface area contributed by atoms with Crippen LogP contribution in [-0.2, 0) is 11.4 Å². The fraction of sp³-hybridized carbons (Fsp3) is 0.217. The Bertz CT molecular complexity index is 1090. The van der Waals surface area contributed by atoms with Crippen LogP contribution in [0.2, 0.25) is 0 Å². The van der Waals surface area contributed by atoms with Gasteiger partial charge in [0.15, 0.2) is 23.2 Å². The first kappa shape index (κ1) is 22.9. The van der Waals surface area contributed by atoms with Crippen molar-refractivity contribution in [2.45, 2.75) is 20.0 Å². The van der Waals surface area contributed by atoms with Gasteiger partial charge in [-0.15, -0.1) is 0 Å². The lowest BCUT2D eigenvalue weighted by molar-refractivity contribution is -0.116. The summed E-state index contributed by atoms with van der Waals surface area (Å²) in [6.45, 7) is 1.67. The molecule has 0 bridgehead atoms. The number of furan rings is 1. The van der Waals surface area contributed by atoms with Crippen molar-refractivity contribution in [3.8, 4) is 5.75 Å². The molecule has 0 saturated heterocycles. The summed E-state index contributed by atoms with van der Waals surface area (Å²) in [5.41, 5.74) is -0.0280. The molecule has 0 saturated carbocycles. The number of rotatable bonds is 9. The van der Waals surface area contributed by atoms with Crippen LogP contribution < -0.4 is 10.1 Å². The largest absolute Gasteiger partial charge is 0.489 e. The second-order valence-electron chi connectivity index (χ2n) is 6.87. The lowest BCUT2D eigenvalue weighted by atomic mass is 10.2. The summed E-state index contributed by atoms with van der Waals surface area (Å²) < 4.78 is 51.3. The highest BCUT2D eigenvalue weighted by Gasteiger charge is 2.25. The van der Waals surface area contributed by atoms with Crippen LogP contribution in [0.1, 0.15) is 29.5 Å². The number of anilines is 1. The van der Waals surface area contributed by atoms with Gasteiger partial charge in [-0.1, -0.05) is 25.1 Å². The van der Waals surface area contributed by atoms with Crippen molar-refractivity contribution in [3.05, 3.63) is 83.6 Å². The van der Waals surface area contributed by atoms with Crippen molar-refractivity contribution >= 4 is 17.5 Å². The first-order chi connectivity index (χ1) is 15.4. The van der Waals surface area contributed by atoms with Gasteiger partial charge in [0.25, 0.3) is 5.91 Å². The Morgan fingerprint density at radius 2 is 1.78 bits per heavy atom. The molecular formula is C23H21F3N2O4. The highest BCUT2D eigenvalue weighted by atomic mass is 19.2. The van der Waals surface area contributed by atoms with Gasteiger partial charge < -0.3 is 19.4 Å². The molecule has 0 radical (unpaired) electrons. The number of halogens is 3. The minimum absolute atomic E-state index is 0.0150. The molecule has 168 valence electrons. The van der Waals surface area contributed by atoms with Gasteiger partial charge in [0.05, 0.1) is 12.0 Å². The zero-order valence-electron chi connectivity index (χ0n) is 17.2. The first-order valence-electron chi connectivity index (χ1n) is 9.87. The highest BCUT2D eigenvalue weighted by molar-refractivity contribution is 5.98. The molecule has 6 nitrogen and oxygen atoms in total. The van der Waals surface area contributed by atoms with Gasteiger partial charge in [0, 0.05) is 12.1 Å². The molecule has 0 atom stereocenters. The quantitative estimate of drug-likeness (QED) is 0.481. The number of ether oxygens (including phenoxy) is 1. The Morgan fingerprint density at radius 1 is 1.03 bits per heavy atom. The molecule has 0 aliphatic heterocycles. The van der Waals surface area contributed by atoms with Crippen LogP contribution in [0.5, 0.6) is 5.75 Å². The summed E-state index contributed by atoms with van der Waals surface area (Å²) in [5.74, 6) is -5.27. The normalized spacial score (nSPS) is 10.6. The van der Waals surface area contributed by atoms with E-state index in [4.69, 9.17) is 9.15 Å². The van der Waals surface area contributed by atoms with Gasteiger partial charge in [-0.3, -0.25) is 9.59 Å². The predicted octanol–water partition coefficient (Wildman–Crippen LogP) is 4.77. The van der Waals surface area contributed by atoms with E-state index in [-0.39, 0.29) is 18.9 Å². The van der Waals surface area contributed by atoms with E-state index in [1.807, 2.05) is 25.1 Å². The van der Waals surface area contributed by atoms with Gasteiger partial charge >= 0.3 is 0 Å². The van der Waals surface area contributed by atoms with Crippen molar-refractivity contribution in [2.75, 3.05) is 18.4 Å². The SMILES string of the molecule is CCCN(CC(=O)Nc1ccc(F)c(F)c1F)C(=O)c1occc1COc1ccccc1. The third-order valence-corrected chi connectivity index (χ3v) is 4.50. The smallest absolute Gasteiger partial charge is 0.290 e. The van der Waals surface area contributed by atoms with E-state index < -0.39 is 41.5 Å². The Morgan fingerprint density at radius 3 is 2.50 bits per heavy atom. The third-order valence-electron chi connectivity index (χ3n) is 4.50. The number of amides is 2. The van der Waals surface area contributed by atoms with Crippen molar-refractivity contribution in [3.63, 3.8) is 0 Å². The molecular weight excluding hydrogens is 425 g/mol. The molecule has 1 aromatic heterocycles. The average Bonchev–Trinajstić information content (AvgIpc) is 3.26. The van der Waals surface area contributed by atoms with Crippen molar-refractivity contribution in [2.24, 2.45) is 0 Å². The zero-order chi connectivity index (χ0) is 23.1. The van der Waals surface area contributed by atoms with E-state index in [2.05, 4.69) is 5.32 Å². The van der Waals surface area contributed by atoms with Gasteiger partial charge in [-0.2, -0.15) is 0 Å². The molecule has 2 amide bonds. The number of para-hydroxylation sites is 1. The fourth-order valence-corrected chi connectivity index (χ4v) is 2.97. The third kappa shape index (κ3) is 5.48. The minimum Gasteiger partial charge on any atom is -0.489 e. The molecule has 9 heteroatoms. The van der Waals surface area contributed by atoms with Crippen LogP contribution in [0, 0.1) is 17.5 Å². The second-order valence-corrected chi connectivity index (χ2v) is 6.87. The Kier molecular flexibility index (Phi) is 7.54. The number of nitrogens with zero attached hydrogens (tertiary/aromatic N) is 1. The van der Waals surface area contributed by atoms with Gasteiger partial charge in [-0.05, 0) is 36.8 Å². The lowest BCUT2D eigenvalue weighted by Gasteiger charge is -2.21. The standard InChI is InChI=1S/C23H21F3N2O4/c1-2-11-28(13-19(29)27-18-9-8-17(24)20(25)21(18)26)23(30)22-15(10-12-31-22)14-32-16-6-4-3-5-7-16/h3-10,12H,2,11,13-14H2,1H3,(H,27,29). The lowest BCUT2D eigenvalue weighted by Crippen LogP contribution is -2.39. The monoisotopic (exact) mass is 446 g/mol. The summed E-state index contributed by atoms with van der Waals surface area (Å²) in [6.07, 6.45) is 1.88. The minimum atomic E-state index is -1.69. The predicted molar refractivity (Wildman–Crippen MR) is 111 cm³/mol. The van der Waals surface area contributed by atoms with Gasteiger partial charge in [0.2, 0.25) is 5.91 Å². The van der Waals surface area contributed by atoms with Crippen LogP contribution in [-0.4, -0.2) is 29.8 Å². The second kappa shape index (κ2) is 10.5. The van der Waals surface area contributed by atoms with E-state index >= 15 is 0 Å². The number of hydrogen-bond donors (Lipinski definition) is 1. The molecule has 32 heavy (non-hydrogen) atoms. The maximum Gasteiger partial charge on any atom is 0.290 e. The summed E-state index contributed by atoms with van der Waals surface area (Å²) in [4.78, 5) is 26.6.